The molecule has 14 heavy (non-hydrogen) atoms. The monoisotopic (exact) mass is 221 g/mol. The Morgan fingerprint density at radius 2 is 1.64 bits per heavy atom. The van der Waals surface area contributed by atoms with Crippen LogP contribution in [0.5, 0.6) is 0 Å². The first-order valence-corrected chi connectivity index (χ1v) is 6.08. The van der Waals surface area contributed by atoms with E-state index in [9.17, 15) is 8.76 Å². The van der Waals surface area contributed by atoms with Crippen molar-refractivity contribution in [2.45, 2.75) is 0 Å². The maximum Gasteiger partial charge on any atom is 0.0558 e. The third-order valence-corrected chi connectivity index (χ3v) is 2.97. The molecule has 0 amide bonds. The van der Waals surface area contributed by atoms with Gasteiger partial charge in [0, 0.05) is 45.0 Å². The Balaban J connectivity index is 2.12. The number of rotatable bonds is 5. The lowest BCUT2D eigenvalue weighted by Gasteiger charge is -2.34. The van der Waals surface area contributed by atoms with Gasteiger partial charge < -0.3 is 9.66 Å². The van der Waals surface area contributed by atoms with Crippen molar-refractivity contribution in [1.82, 2.24) is 9.80 Å². The van der Waals surface area contributed by atoms with E-state index in [1.54, 1.807) is 0 Å². The summed E-state index contributed by atoms with van der Waals surface area (Å²) in [5.74, 6) is 0.222. The van der Waals surface area contributed by atoms with Crippen molar-refractivity contribution in [1.29, 1.82) is 0 Å². The summed E-state index contributed by atoms with van der Waals surface area (Å²) in [6.45, 7) is 5.20. The van der Waals surface area contributed by atoms with E-state index in [4.69, 9.17) is 5.11 Å². The van der Waals surface area contributed by atoms with Crippen molar-refractivity contribution in [2.24, 2.45) is 0 Å². The van der Waals surface area contributed by atoms with Crippen LogP contribution in [0.3, 0.4) is 0 Å². The van der Waals surface area contributed by atoms with Crippen LogP contribution in [0.2, 0.25) is 0 Å². The second-order valence-corrected chi connectivity index (χ2v) is 4.43. The second kappa shape index (κ2) is 6.47. The Morgan fingerprint density at radius 1 is 1.14 bits per heavy atom. The van der Waals surface area contributed by atoms with Crippen molar-refractivity contribution in [3.05, 3.63) is 0 Å². The van der Waals surface area contributed by atoms with Gasteiger partial charge in [-0.2, -0.15) is 0 Å². The summed E-state index contributed by atoms with van der Waals surface area (Å²) in [6, 6.07) is 0. The lowest BCUT2D eigenvalue weighted by Crippen LogP contribution is -2.48. The number of aliphatic hydroxyl groups excluding tert-OH is 1. The molecule has 0 radical (unpaired) electrons. The Kier molecular flexibility index (Phi) is 5.57. The molecule has 1 rings (SSSR count). The topological polar surface area (TPSA) is 66.8 Å². The summed E-state index contributed by atoms with van der Waals surface area (Å²) in [4.78, 5) is 4.33. The molecular weight excluding hydrogens is 204 g/mol. The van der Waals surface area contributed by atoms with Crippen LogP contribution >= 0.6 is 0 Å². The second-order valence-electron chi connectivity index (χ2n) is 3.41. The largest absolute Gasteiger partial charge is 0.772 e. The van der Waals surface area contributed by atoms with E-state index < -0.39 is 11.1 Å². The van der Waals surface area contributed by atoms with Gasteiger partial charge in [0.05, 0.1) is 6.61 Å². The third-order valence-electron chi connectivity index (χ3n) is 2.46. The van der Waals surface area contributed by atoms with Gasteiger partial charge in [0.1, 0.15) is 0 Å². The molecule has 1 aliphatic heterocycles. The molecular formula is C8H17N2O3S-. The highest BCUT2D eigenvalue weighted by Crippen LogP contribution is 2.00. The quantitative estimate of drug-likeness (QED) is 0.571. The van der Waals surface area contributed by atoms with Gasteiger partial charge >= 0.3 is 0 Å². The molecule has 0 saturated carbocycles. The molecule has 0 aromatic heterocycles. The van der Waals surface area contributed by atoms with Gasteiger partial charge in [-0.25, -0.2) is 0 Å². The minimum atomic E-state index is -1.92. The normalized spacial score (nSPS) is 22.4. The molecule has 1 saturated heterocycles. The molecule has 5 nitrogen and oxygen atoms in total. The highest BCUT2D eigenvalue weighted by molar-refractivity contribution is 7.79. The maximum absolute atomic E-state index is 10.3. The van der Waals surface area contributed by atoms with Gasteiger partial charge in [-0.1, -0.05) is 11.1 Å². The Morgan fingerprint density at radius 3 is 2.07 bits per heavy atom. The van der Waals surface area contributed by atoms with Crippen molar-refractivity contribution in [3.8, 4) is 0 Å². The average Bonchev–Trinajstić information content (AvgIpc) is 2.17. The summed E-state index contributed by atoms with van der Waals surface area (Å²) in [7, 11) is 0. The fourth-order valence-electron chi connectivity index (χ4n) is 1.58. The summed E-state index contributed by atoms with van der Waals surface area (Å²) in [5, 5.41) is 8.72. The standard InChI is InChI=1S/C8H18N2O3S/c11-7-5-9-1-3-10(4-2-9)6-8-14(12)13/h11H,1-8H2,(H,12,13)/p-1. The summed E-state index contributed by atoms with van der Waals surface area (Å²) in [5.41, 5.74) is 0. The van der Waals surface area contributed by atoms with Crippen LogP contribution in [0.4, 0.5) is 0 Å². The molecule has 1 atom stereocenters. The first-order chi connectivity index (χ1) is 6.72. The number of β-amino-alcohol motifs (C(OH)–C–C–N with tert-alkyl or cyclic N) is 1. The summed E-state index contributed by atoms with van der Waals surface area (Å²) < 4.78 is 20.7. The fourth-order valence-corrected chi connectivity index (χ4v) is 1.99. The number of aliphatic hydroxyl groups is 1. The molecule has 0 spiro atoms. The van der Waals surface area contributed by atoms with E-state index in [0.29, 0.717) is 6.54 Å². The van der Waals surface area contributed by atoms with Gasteiger partial charge in [0.25, 0.3) is 0 Å². The SMILES string of the molecule is O=S([O-])CCN1CCN(CCO)CC1. The Labute approximate surface area is 87.0 Å². The zero-order valence-electron chi connectivity index (χ0n) is 8.22. The molecule has 1 unspecified atom stereocenters. The van der Waals surface area contributed by atoms with Gasteiger partial charge in [-0.15, -0.1) is 0 Å². The van der Waals surface area contributed by atoms with Crippen LogP contribution < -0.4 is 0 Å². The third kappa shape index (κ3) is 4.47. The van der Waals surface area contributed by atoms with Crippen molar-refractivity contribution in [2.75, 3.05) is 51.6 Å². The first kappa shape index (κ1) is 12.1. The van der Waals surface area contributed by atoms with Crippen molar-refractivity contribution >= 4 is 11.1 Å². The molecule has 84 valence electrons. The molecule has 0 aromatic rings. The first-order valence-electron chi connectivity index (χ1n) is 4.84. The molecule has 0 bridgehead atoms. The Hall–Kier alpha value is -0.0100. The van der Waals surface area contributed by atoms with E-state index in [1.807, 2.05) is 0 Å². The minimum absolute atomic E-state index is 0.199. The van der Waals surface area contributed by atoms with E-state index in [2.05, 4.69) is 9.80 Å². The van der Waals surface area contributed by atoms with Crippen LogP contribution in [0, 0.1) is 0 Å². The summed E-state index contributed by atoms with van der Waals surface area (Å²) >= 11 is -1.92. The smallest absolute Gasteiger partial charge is 0.0558 e. The van der Waals surface area contributed by atoms with Gasteiger partial charge in [-0.05, 0) is 0 Å². The van der Waals surface area contributed by atoms with Crippen molar-refractivity contribution < 1.29 is 13.9 Å². The van der Waals surface area contributed by atoms with Crippen molar-refractivity contribution in [3.63, 3.8) is 0 Å². The van der Waals surface area contributed by atoms with E-state index in [1.165, 1.54) is 0 Å². The number of hydrogen-bond donors (Lipinski definition) is 1. The lowest BCUT2D eigenvalue weighted by molar-refractivity contribution is 0.116. The zero-order valence-corrected chi connectivity index (χ0v) is 9.04. The van der Waals surface area contributed by atoms with Gasteiger partial charge in [-0.3, -0.25) is 14.0 Å². The van der Waals surface area contributed by atoms with Crippen LogP contribution in [0.15, 0.2) is 0 Å². The van der Waals surface area contributed by atoms with E-state index >= 15 is 0 Å². The summed E-state index contributed by atoms with van der Waals surface area (Å²) in [6.07, 6.45) is 0. The number of nitrogens with zero attached hydrogens (tertiary/aromatic N) is 2. The fraction of sp³-hybridized carbons (Fsp3) is 1.00. The van der Waals surface area contributed by atoms with E-state index in [0.717, 1.165) is 32.7 Å². The lowest BCUT2D eigenvalue weighted by atomic mass is 10.3. The van der Waals surface area contributed by atoms with Gasteiger partial charge in [0.15, 0.2) is 0 Å². The molecule has 1 fully saturated rings. The highest BCUT2D eigenvalue weighted by Gasteiger charge is 2.15. The minimum Gasteiger partial charge on any atom is -0.772 e. The maximum atomic E-state index is 10.3. The van der Waals surface area contributed by atoms with Crippen LogP contribution in [-0.4, -0.2) is 75.3 Å². The van der Waals surface area contributed by atoms with E-state index in [-0.39, 0.29) is 12.4 Å². The predicted octanol–water partition coefficient (Wildman–Crippen LogP) is -1.52. The molecule has 1 aliphatic rings. The molecule has 1 heterocycles. The molecule has 1 N–H and O–H groups in total. The van der Waals surface area contributed by atoms with Crippen LogP contribution in [0.25, 0.3) is 0 Å². The molecule has 6 heteroatoms. The number of piperazine rings is 1. The van der Waals surface area contributed by atoms with Crippen LogP contribution in [0.1, 0.15) is 0 Å². The average molecular weight is 221 g/mol. The van der Waals surface area contributed by atoms with Crippen LogP contribution in [-0.2, 0) is 11.1 Å². The Bertz CT molecular complexity index is 183. The predicted molar refractivity (Wildman–Crippen MR) is 53.8 cm³/mol. The highest BCUT2D eigenvalue weighted by atomic mass is 32.2. The zero-order chi connectivity index (χ0) is 10.4. The van der Waals surface area contributed by atoms with Gasteiger partial charge in [0.2, 0.25) is 0 Å². The molecule has 0 aromatic carbocycles. The molecule has 0 aliphatic carbocycles. The number of hydrogen-bond acceptors (Lipinski definition) is 5.